The Kier molecular flexibility index (Phi) is 6.46. The summed E-state index contributed by atoms with van der Waals surface area (Å²) in [5.74, 6) is -0.308. The summed E-state index contributed by atoms with van der Waals surface area (Å²) in [5.41, 5.74) is 2.87. The van der Waals surface area contributed by atoms with Gasteiger partial charge in [-0.05, 0) is 35.7 Å². The van der Waals surface area contributed by atoms with Gasteiger partial charge in [0.05, 0.1) is 4.90 Å². The van der Waals surface area contributed by atoms with E-state index in [-0.39, 0.29) is 23.9 Å². The molecule has 0 atom stereocenters. The summed E-state index contributed by atoms with van der Waals surface area (Å²) in [5, 5.41) is 2.56. The fourth-order valence-corrected chi connectivity index (χ4v) is 4.53. The highest BCUT2D eigenvalue weighted by Gasteiger charge is 2.26. The van der Waals surface area contributed by atoms with Crippen molar-refractivity contribution in [3.63, 3.8) is 0 Å². The van der Waals surface area contributed by atoms with Crippen LogP contribution in [-0.2, 0) is 23.1 Å². The first-order valence-electron chi connectivity index (χ1n) is 9.32. The van der Waals surface area contributed by atoms with Gasteiger partial charge in [0.15, 0.2) is 0 Å². The lowest BCUT2D eigenvalue weighted by Gasteiger charge is -2.23. The third-order valence-electron chi connectivity index (χ3n) is 4.72. The van der Waals surface area contributed by atoms with Gasteiger partial charge in [0.2, 0.25) is 10.0 Å². The smallest absolute Gasteiger partial charge is 0.251 e. The Morgan fingerprint density at radius 1 is 0.862 bits per heavy atom. The summed E-state index contributed by atoms with van der Waals surface area (Å²) in [4.78, 5) is 12.3. The highest BCUT2D eigenvalue weighted by atomic mass is 32.2. The second kappa shape index (κ2) is 9.03. The van der Waals surface area contributed by atoms with E-state index in [0.29, 0.717) is 5.56 Å². The maximum absolute atomic E-state index is 13.5. The Morgan fingerprint density at radius 3 is 1.86 bits per heavy atom. The number of hydrogen-bond donors (Lipinski definition) is 1. The van der Waals surface area contributed by atoms with Crippen molar-refractivity contribution in [1.82, 2.24) is 9.62 Å². The molecule has 0 spiro atoms. The monoisotopic (exact) mass is 408 g/mol. The predicted octanol–water partition coefficient (Wildman–Crippen LogP) is 3.75. The molecule has 0 unspecified atom stereocenters. The van der Waals surface area contributed by atoms with Gasteiger partial charge in [-0.2, -0.15) is 4.31 Å². The number of sulfonamides is 1. The van der Waals surface area contributed by atoms with Crippen molar-refractivity contribution in [3.8, 4) is 0 Å². The third kappa shape index (κ3) is 4.91. The molecule has 1 amide bonds. The minimum Gasteiger partial charge on any atom is -0.355 e. The zero-order valence-corrected chi connectivity index (χ0v) is 17.3. The molecule has 0 aliphatic carbocycles. The van der Waals surface area contributed by atoms with Crippen molar-refractivity contribution in [2.45, 2.75) is 24.9 Å². The van der Waals surface area contributed by atoms with Gasteiger partial charge in [0.25, 0.3) is 5.91 Å². The molecule has 150 valence electrons. The molecule has 0 saturated carbocycles. The van der Waals surface area contributed by atoms with Crippen molar-refractivity contribution in [2.24, 2.45) is 0 Å². The van der Waals surface area contributed by atoms with E-state index in [1.165, 1.54) is 17.4 Å². The average Bonchev–Trinajstić information content (AvgIpc) is 2.74. The molecule has 0 aliphatic rings. The van der Waals surface area contributed by atoms with Gasteiger partial charge in [0.1, 0.15) is 0 Å². The molecule has 3 aromatic carbocycles. The Bertz CT molecular complexity index is 1040. The molecule has 3 rings (SSSR count). The minimum atomic E-state index is -3.83. The molecule has 6 heteroatoms. The number of aryl methyl sites for hydroxylation is 1. The highest BCUT2D eigenvalue weighted by molar-refractivity contribution is 7.89. The van der Waals surface area contributed by atoms with E-state index in [1.807, 2.05) is 60.7 Å². The quantitative estimate of drug-likeness (QED) is 0.648. The van der Waals surface area contributed by atoms with E-state index in [9.17, 15) is 13.2 Å². The molecule has 0 radical (unpaired) electrons. The van der Waals surface area contributed by atoms with Crippen molar-refractivity contribution in [3.05, 3.63) is 101 Å². The number of nitrogens with one attached hydrogen (secondary N) is 1. The minimum absolute atomic E-state index is 0.105. The van der Waals surface area contributed by atoms with Crippen LogP contribution in [0.15, 0.2) is 83.8 Å². The van der Waals surface area contributed by atoms with Crippen molar-refractivity contribution < 1.29 is 13.2 Å². The van der Waals surface area contributed by atoms with Crippen molar-refractivity contribution >= 4 is 15.9 Å². The molecular formula is C23H24N2O3S. The first-order valence-corrected chi connectivity index (χ1v) is 10.8. The summed E-state index contributed by atoms with van der Waals surface area (Å²) in [6, 6.07) is 23.6. The fraction of sp³-hybridized carbons (Fsp3) is 0.174. The van der Waals surface area contributed by atoms with E-state index in [0.717, 1.165) is 16.7 Å². The van der Waals surface area contributed by atoms with Crippen LogP contribution >= 0.6 is 0 Å². The zero-order chi connectivity index (χ0) is 20.9. The second-order valence-electron chi connectivity index (χ2n) is 6.80. The lowest BCUT2D eigenvalue weighted by atomic mass is 10.1. The van der Waals surface area contributed by atoms with E-state index >= 15 is 0 Å². The fourth-order valence-electron chi connectivity index (χ4n) is 3.09. The first-order chi connectivity index (χ1) is 13.9. The molecule has 1 N–H and O–H groups in total. The Labute approximate surface area is 172 Å². The number of benzene rings is 3. The molecule has 0 aliphatic heterocycles. The molecule has 5 nitrogen and oxygen atoms in total. The number of amides is 1. The van der Waals surface area contributed by atoms with Gasteiger partial charge in [-0.3, -0.25) is 4.79 Å². The van der Waals surface area contributed by atoms with Crippen molar-refractivity contribution in [1.29, 1.82) is 0 Å². The van der Waals surface area contributed by atoms with Crippen LogP contribution in [0.3, 0.4) is 0 Å². The molecule has 3 aromatic rings. The van der Waals surface area contributed by atoms with Crippen LogP contribution in [0.5, 0.6) is 0 Å². The van der Waals surface area contributed by atoms with Gasteiger partial charge in [-0.25, -0.2) is 8.42 Å². The number of carbonyl (C=O) groups is 1. The number of carbonyl (C=O) groups excluding carboxylic acids is 1. The van der Waals surface area contributed by atoms with Gasteiger partial charge in [0, 0.05) is 25.7 Å². The molecule has 0 saturated heterocycles. The van der Waals surface area contributed by atoms with Crippen LogP contribution in [-0.4, -0.2) is 25.7 Å². The third-order valence-corrected chi connectivity index (χ3v) is 6.51. The lowest BCUT2D eigenvalue weighted by Crippen LogP contribution is -2.30. The zero-order valence-electron chi connectivity index (χ0n) is 16.5. The lowest BCUT2D eigenvalue weighted by molar-refractivity contribution is 0.0962. The molecular weight excluding hydrogens is 384 g/mol. The summed E-state index contributed by atoms with van der Waals surface area (Å²) in [6.45, 7) is 2.26. The Balaban J connectivity index is 2.02. The highest BCUT2D eigenvalue weighted by Crippen LogP contribution is 2.23. The average molecular weight is 409 g/mol. The maximum Gasteiger partial charge on any atom is 0.251 e. The topological polar surface area (TPSA) is 66.5 Å². The maximum atomic E-state index is 13.5. The summed E-state index contributed by atoms with van der Waals surface area (Å²) in [7, 11) is -2.30. The van der Waals surface area contributed by atoms with Crippen LogP contribution in [0, 0.1) is 6.92 Å². The SMILES string of the molecule is CNC(=O)c1cc(S(=O)(=O)N(Cc2ccccc2)Cc2ccccc2)ccc1C. The van der Waals surface area contributed by atoms with Crippen LogP contribution in [0.25, 0.3) is 0 Å². The van der Waals surface area contributed by atoms with Gasteiger partial charge < -0.3 is 5.32 Å². The number of nitrogens with zero attached hydrogens (tertiary/aromatic N) is 1. The summed E-state index contributed by atoms with van der Waals surface area (Å²) >= 11 is 0. The molecule has 0 heterocycles. The van der Waals surface area contributed by atoms with Gasteiger partial charge in [-0.1, -0.05) is 66.7 Å². The van der Waals surface area contributed by atoms with Crippen LogP contribution in [0.4, 0.5) is 0 Å². The second-order valence-corrected chi connectivity index (χ2v) is 8.74. The Morgan fingerprint density at radius 2 is 1.38 bits per heavy atom. The molecule has 0 aromatic heterocycles. The van der Waals surface area contributed by atoms with Crippen LogP contribution in [0.1, 0.15) is 27.0 Å². The largest absolute Gasteiger partial charge is 0.355 e. The molecule has 29 heavy (non-hydrogen) atoms. The normalized spacial score (nSPS) is 11.4. The summed E-state index contributed by atoms with van der Waals surface area (Å²) in [6.07, 6.45) is 0. The molecule has 0 bridgehead atoms. The number of rotatable bonds is 7. The first kappa shape index (κ1) is 20.8. The van der Waals surface area contributed by atoms with E-state index < -0.39 is 10.0 Å². The van der Waals surface area contributed by atoms with Gasteiger partial charge in [-0.15, -0.1) is 0 Å². The van der Waals surface area contributed by atoms with Crippen LogP contribution in [0.2, 0.25) is 0 Å². The molecule has 0 fully saturated rings. The van der Waals surface area contributed by atoms with E-state index in [2.05, 4.69) is 5.32 Å². The van der Waals surface area contributed by atoms with Crippen LogP contribution < -0.4 is 5.32 Å². The van der Waals surface area contributed by atoms with Crippen molar-refractivity contribution in [2.75, 3.05) is 7.05 Å². The van der Waals surface area contributed by atoms with Gasteiger partial charge >= 0.3 is 0 Å². The summed E-state index contributed by atoms with van der Waals surface area (Å²) < 4.78 is 28.5. The standard InChI is InChI=1S/C23H24N2O3S/c1-18-13-14-21(15-22(18)23(26)24-2)29(27,28)25(16-19-9-5-3-6-10-19)17-20-11-7-4-8-12-20/h3-15H,16-17H2,1-2H3,(H,24,26). The van der Waals surface area contributed by atoms with E-state index in [4.69, 9.17) is 0 Å². The predicted molar refractivity (Wildman–Crippen MR) is 114 cm³/mol. The van der Waals surface area contributed by atoms with E-state index in [1.54, 1.807) is 19.1 Å². The Hall–Kier alpha value is -2.96. The number of hydrogen-bond acceptors (Lipinski definition) is 3.